The first-order chi connectivity index (χ1) is 17.2. The Hall–Kier alpha value is -3.09. The third-order valence-electron chi connectivity index (χ3n) is 6.99. The van der Waals surface area contributed by atoms with Crippen molar-refractivity contribution in [2.75, 3.05) is 13.1 Å². The molecule has 3 aromatic rings. The van der Waals surface area contributed by atoms with Crippen molar-refractivity contribution in [3.63, 3.8) is 0 Å². The standard InChI is InChI=1S/C23H24F5N5O3/c1-2-15-17-16(35-21(34)23(26,27)28)11-14(24)18(25)19(17)33(30-15)22-29-20(36-31-22)12-7-9-32(10-8-12)13-5-3-4-6-13/h11-13H,2-10H2,1H3. The van der Waals surface area contributed by atoms with Crippen molar-refractivity contribution < 1.29 is 36.0 Å². The number of hydrogen-bond acceptors (Lipinski definition) is 7. The molecule has 8 nitrogen and oxygen atoms in total. The van der Waals surface area contributed by atoms with E-state index in [4.69, 9.17) is 4.52 Å². The number of benzene rings is 1. The quantitative estimate of drug-likeness (QED) is 0.274. The summed E-state index contributed by atoms with van der Waals surface area (Å²) in [6.07, 6.45) is 1.34. The van der Waals surface area contributed by atoms with Gasteiger partial charge in [-0.25, -0.2) is 13.6 Å². The Morgan fingerprint density at radius 3 is 2.50 bits per heavy atom. The van der Waals surface area contributed by atoms with Crippen molar-refractivity contribution in [2.24, 2.45) is 0 Å². The molecule has 0 atom stereocenters. The number of carbonyl (C=O) groups excluding carboxylic acids is 1. The minimum Gasteiger partial charge on any atom is -0.419 e. The molecule has 2 aromatic heterocycles. The van der Waals surface area contributed by atoms with Gasteiger partial charge >= 0.3 is 12.1 Å². The lowest BCUT2D eigenvalue weighted by molar-refractivity contribution is -0.189. The van der Waals surface area contributed by atoms with Gasteiger partial charge in [0.25, 0.3) is 5.95 Å². The monoisotopic (exact) mass is 513 g/mol. The molecular formula is C23H24F5N5O3. The van der Waals surface area contributed by atoms with Gasteiger partial charge < -0.3 is 14.2 Å². The van der Waals surface area contributed by atoms with Crippen LogP contribution in [0.15, 0.2) is 10.6 Å². The van der Waals surface area contributed by atoms with E-state index in [0.29, 0.717) is 18.0 Å². The minimum atomic E-state index is -5.32. The van der Waals surface area contributed by atoms with E-state index < -0.39 is 35.0 Å². The Kier molecular flexibility index (Phi) is 6.43. The molecule has 0 N–H and O–H groups in total. The zero-order valence-electron chi connectivity index (χ0n) is 19.4. The van der Waals surface area contributed by atoms with Crippen LogP contribution in [0, 0.1) is 11.6 Å². The van der Waals surface area contributed by atoms with Crippen LogP contribution in [0.25, 0.3) is 16.9 Å². The summed E-state index contributed by atoms with van der Waals surface area (Å²) in [5.74, 6) is -6.13. The number of hydrogen-bond donors (Lipinski definition) is 0. The van der Waals surface area contributed by atoms with Gasteiger partial charge in [0.15, 0.2) is 11.6 Å². The lowest BCUT2D eigenvalue weighted by Crippen LogP contribution is -2.39. The van der Waals surface area contributed by atoms with Gasteiger partial charge in [0.05, 0.1) is 11.1 Å². The second kappa shape index (κ2) is 9.41. The van der Waals surface area contributed by atoms with Gasteiger partial charge in [0.1, 0.15) is 11.3 Å². The summed E-state index contributed by atoms with van der Waals surface area (Å²) in [6.45, 7) is 3.40. The molecular weight excluding hydrogens is 489 g/mol. The molecule has 36 heavy (non-hydrogen) atoms. The highest BCUT2D eigenvalue weighted by molar-refractivity contribution is 5.92. The summed E-state index contributed by atoms with van der Waals surface area (Å²) >= 11 is 0. The van der Waals surface area contributed by atoms with E-state index >= 15 is 0 Å². The maximum absolute atomic E-state index is 14.9. The highest BCUT2D eigenvalue weighted by atomic mass is 19.4. The fourth-order valence-corrected chi connectivity index (χ4v) is 5.18. The predicted octanol–water partition coefficient (Wildman–Crippen LogP) is 4.84. The molecule has 3 heterocycles. The summed E-state index contributed by atoms with van der Waals surface area (Å²) < 4.78 is 78.2. The van der Waals surface area contributed by atoms with Gasteiger partial charge in [0.2, 0.25) is 5.89 Å². The normalized spacial score (nSPS) is 18.4. The number of aryl methyl sites for hydroxylation is 1. The Bertz CT molecular complexity index is 1270. The molecule has 13 heteroatoms. The lowest BCUT2D eigenvalue weighted by Gasteiger charge is -2.34. The fourth-order valence-electron chi connectivity index (χ4n) is 5.18. The van der Waals surface area contributed by atoms with Crippen molar-refractivity contribution in [3.8, 4) is 11.7 Å². The summed E-state index contributed by atoms with van der Waals surface area (Å²) in [5.41, 5.74) is -0.467. The van der Waals surface area contributed by atoms with Crippen LogP contribution in [-0.2, 0) is 11.2 Å². The number of nitrogens with zero attached hydrogens (tertiary/aromatic N) is 5. The average Bonchev–Trinajstić information content (AvgIpc) is 3.61. The lowest BCUT2D eigenvalue weighted by atomic mass is 9.95. The fraction of sp³-hybridized carbons (Fsp3) is 0.565. The van der Waals surface area contributed by atoms with E-state index in [9.17, 15) is 26.7 Å². The molecule has 1 saturated carbocycles. The van der Waals surface area contributed by atoms with Crippen LogP contribution in [0.2, 0.25) is 0 Å². The van der Waals surface area contributed by atoms with Crippen LogP contribution < -0.4 is 4.74 Å². The zero-order valence-corrected chi connectivity index (χ0v) is 19.4. The molecule has 0 unspecified atom stereocenters. The first-order valence-electron chi connectivity index (χ1n) is 11.9. The molecule has 1 saturated heterocycles. The average molecular weight is 513 g/mol. The maximum Gasteiger partial charge on any atom is 0.491 e. The van der Waals surface area contributed by atoms with Gasteiger partial charge in [0, 0.05) is 18.0 Å². The van der Waals surface area contributed by atoms with Gasteiger partial charge in [-0.15, -0.1) is 0 Å². The Labute approximate surface area is 202 Å². The van der Waals surface area contributed by atoms with E-state index in [1.165, 1.54) is 25.7 Å². The van der Waals surface area contributed by atoms with Crippen LogP contribution in [0.1, 0.15) is 63.0 Å². The molecule has 0 spiro atoms. The molecule has 0 bridgehead atoms. The van der Waals surface area contributed by atoms with Crippen molar-refractivity contribution in [2.45, 2.75) is 70.0 Å². The first kappa shape index (κ1) is 24.6. The van der Waals surface area contributed by atoms with Crippen molar-refractivity contribution in [3.05, 3.63) is 29.3 Å². The van der Waals surface area contributed by atoms with Crippen LogP contribution >= 0.6 is 0 Å². The van der Waals surface area contributed by atoms with E-state index in [2.05, 4.69) is 24.9 Å². The van der Waals surface area contributed by atoms with Gasteiger partial charge in [-0.2, -0.15) is 27.9 Å². The number of aromatic nitrogens is 4. The van der Waals surface area contributed by atoms with Crippen LogP contribution in [0.4, 0.5) is 22.0 Å². The molecule has 1 aliphatic carbocycles. The molecule has 2 fully saturated rings. The number of alkyl halides is 3. The minimum absolute atomic E-state index is 0.0127. The second-order valence-corrected chi connectivity index (χ2v) is 9.17. The number of esters is 1. The van der Waals surface area contributed by atoms with Crippen molar-refractivity contribution in [1.29, 1.82) is 0 Å². The second-order valence-electron chi connectivity index (χ2n) is 9.17. The van der Waals surface area contributed by atoms with E-state index in [1.54, 1.807) is 6.92 Å². The number of halogens is 5. The molecule has 0 amide bonds. The SMILES string of the molecule is CCc1nn(-c2noc(C3CCN(C4CCCC4)CC3)n2)c2c(F)c(F)cc(OC(=O)C(F)(F)F)c12. The number of likely N-dealkylation sites (tertiary alicyclic amines) is 1. The summed E-state index contributed by atoms with van der Waals surface area (Å²) in [7, 11) is 0. The highest BCUT2D eigenvalue weighted by Crippen LogP contribution is 2.36. The summed E-state index contributed by atoms with van der Waals surface area (Å²) in [4.78, 5) is 18.2. The van der Waals surface area contributed by atoms with Gasteiger partial charge in [-0.3, -0.25) is 0 Å². The molecule has 194 valence electrons. The van der Waals surface area contributed by atoms with Crippen LogP contribution in [0.5, 0.6) is 5.75 Å². The number of fused-ring (bicyclic) bond motifs is 1. The third-order valence-corrected chi connectivity index (χ3v) is 6.99. The van der Waals surface area contributed by atoms with E-state index in [1.807, 2.05) is 0 Å². The molecule has 0 radical (unpaired) electrons. The number of piperidine rings is 1. The number of ether oxygens (including phenoxy) is 1. The smallest absolute Gasteiger partial charge is 0.419 e. The molecule has 1 aliphatic heterocycles. The summed E-state index contributed by atoms with van der Waals surface area (Å²) in [5, 5.41) is 7.78. The van der Waals surface area contributed by atoms with Crippen molar-refractivity contribution >= 4 is 16.9 Å². The molecule has 5 rings (SSSR count). The highest BCUT2D eigenvalue weighted by Gasteiger charge is 2.42. The van der Waals surface area contributed by atoms with Crippen LogP contribution in [-0.4, -0.2) is 56.1 Å². The van der Waals surface area contributed by atoms with Crippen LogP contribution in [0.3, 0.4) is 0 Å². The Balaban J connectivity index is 1.46. The Morgan fingerprint density at radius 2 is 1.86 bits per heavy atom. The topological polar surface area (TPSA) is 86.3 Å². The summed E-state index contributed by atoms with van der Waals surface area (Å²) in [6, 6.07) is 1.01. The number of carbonyl (C=O) groups is 1. The molecule has 2 aliphatic rings. The Morgan fingerprint density at radius 1 is 1.17 bits per heavy atom. The largest absolute Gasteiger partial charge is 0.491 e. The molecule has 1 aromatic carbocycles. The zero-order chi connectivity index (χ0) is 25.6. The first-order valence-corrected chi connectivity index (χ1v) is 11.9. The third kappa shape index (κ3) is 4.44. The predicted molar refractivity (Wildman–Crippen MR) is 116 cm³/mol. The van der Waals surface area contributed by atoms with Gasteiger partial charge in [-0.1, -0.05) is 19.8 Å². The van der Waals surface area contributed by atoms with E-state index in [0.717, 1.165) is 30.6 Å². The van der Waals surface area contributed by atoms with Gasteiger partial charge in [-0.05, 0) is 50.4 Å². The number of rotatable bonds is 5. The van der Waals surface area contributed by atoms with Crippen molar-refractivity contribution in [1.82, 2.24) is 24.8 Å². The maximum atomic E-state index is 14.9. The van der Waals surface area contributed by atoms with E-state index in [-0.39, 0.29) is 29.4 Å².